The summed E-state index contributed by atoms with van der Waals surface area (Å²) in [5.41, 5.74) is 9.35. The van der Waals surface area contributed by atoms with Gasteiger partial charge in [0, 0.05) is 31.0 Å². The summed E-state index contributed by atoms with van der Waals surface area (Å²) in [6.45, 7) is 4.79. The second-order valence-corrected chi connectivity index (χ2v) is 6.03. The normalized spacial score (nSPS) is 18.5. The van der Waals surface area contributed by atoms with Crippen LogP contribution in [-0.2, 0) is 11.3 Å². The van der Waals surface area contributed by atoms with E-state index in [1.54, 1.807) is 12.1 Å². The Morgan fingerprint density at radius 3 is 2.96 bits per heavy atom. The summed E-state index contributed by atoms with van der Waals surface area (Å²) >= 11 is 0. The zero-order valence-corrected chi connectivity index (χ0v) is 14.0. The monoisotopic (exact) mass is 331 g/mol. The van der Waals surface area contributed by atoms with E-state index in [-0.39, 0.29) is 17.7 Å². The molecule has 6 heteroatoms. The number of methoxy groups -OCH3 is 1. The Morgan fingerprint density at radius 1 is 1.38 bits per heavy atom. The van der Waals surface area contributed by atoms with Crippen molar-refractivity contribution in [2.24, 2.45) is 0 Å². The Bertz CT molecular complexity index is 703. The van der Waals surface area contributed by atoms with Crippen LogP contribution in [0.3, 0.4) is 0 Å². The molecule has 1 unspecified atom stereocenters. The molecule has 0 saturated carbocycles. The highest BCUT2D eigenvalue weighted by Gasteiger charge is 2.23. The Hall–Kier alpha value is -2.18. The van der Waals surface area contributed by atoms with Gasteiger partial charge in [-0.1, -0.05) is 6.07 Å². The summed E-state index contributed by atoms with van der Waals surface area (Å²) < 4.78 is 24.4. The van der Waals surface area contributed by atoms with Crippen LogP contribution in [0.2, 0.25) is 0 Å². The van der Waals surface area contributed by atoms with E-state index in [4.69, 9.17) is 15.2 Å². The van der Waals surface area contributed by atoms with Crippen molar-refractivity contribution in [1.82, 2.24) is 9.88 Å². The number of morpholine rings is 1. The molecule has 0 radical (unpaired) electrons. The van der Waals surface area contributed by atoms with Crippen molar-refractivity contribution >= 4 is 5.69 Å². The van der Waals surface area contributed by atoms with Gasteiger partial charge in [0.15, 0.2) is 11.6 Å². The Morgan fingerprint density at radius 2 is 2.21 bits per heavy atom. The van der Waals surface area contributed by atoms with Crippen molar-refractivity contribution in [3.63, 3.8) is 0 Å². The quantitative estimate of drug-likeness (QED) is 0.933. The average molecular weight is 331 g/mol. The number of pyridine rings is 1. The van der Waals surface area contributed by atoms with Crippen molar-refractivity contribution < 1.29 is 13.9 Å². The fourth-order valence-corrected chi connectivity index (χ4v) is 2.97. The number of rotatable bonds is 4. The molecule has 2 aromatic rings. The van der Waals surface area contributed by atoms with Crippen LogP contribution in [-0.4, -0.2) is 36.7 Å². The summed E-state index contributed by atoms with van der Waals surface area (Å²) in [6, 6.07) is 8.67. The number of aryl methyl sites for hydroxylation is 1. The lowest BCUT2D eigenvalue weighted by Gasteiger charge is -2.33. The summed E-state index contributed by atoms with van der Waals surface area (Å²) in [5.74, 6) is -0.0778. The molecule has 2 N–H and O–H groups in total. The first-order chi connectivity index (χ1) is 11.5. The SMILES string of the molecule is COc1cc(CN2CCOC(c3cc(N)cc(C)n3)C2)ccc1F. The van der Waals surface area contributed by atoms with Gasteiger partial charge in [-0.2, -0.15) is 0 Å². The number of anilines is 1. The van der Waals surface area contributed by atoms with Gasteiger partial charge in [0.25, 0.3) is 0 Å². The van der Waals surface area contributed by atoms with E-state index in [2.05, 4.69) is 9.88 Å². The lowest BCUT2D eigenvalue weighted by molar-refractivity contribution is -0.0350. The molecule has 1 saturated heterocycles. The van der Waals surface area contributed by atoms with E-state index in [9.17, 15) is 4.39 Å². The highest BCUT2D eigenvalue weighted by molar-refractivity contribution is 5.40. The molecule has 5 nitrogen and oxygen atoms in total. The topological polar surface area (TPSA) is 60.6 Å². The van der Waals surface area contributed by atoms with Crippen molar-refractivity contribution in [3.05, 3.63) is 53.1 Å². The van der Waals surface area contributed by atoms with Crippen LogP contribution in [0.25, 0.3) is 0 Å². The van der Waals surface area contributed by atoms with Crippen LogP contribution in [0.5, 0.6) is 5.75 Å². The minimum atomic E-state index is -0.347. The number of nitrogen functional groups attached to an aromatic ring is 1. The maximum absolute atomic E-state index is 13.5. The number of hydrogen-bond acceptors (Lipinski definition) is 5. The minimum Gasteiger partial charge on any atom is -0.494 e. The predicted octanol–water partition coefficient (Wildman–Crippen LogP) is 2.69. The molecule has 1 aromatic carbocycles. The van der Waals surface area contributed by atoms with Gasteiger partial charge in [0.05, 0.1) is 19.4 Å². The van der Waals surface area contributed by atoms with E-state index in [1.807, 2.05) is 19.1 Å². The molecule has 1 fully saturated rings. The highest BCUT2D eigenvalue weighted by atomic mass is 19.1. The van der Waals surface area contributed by atoms with E-state index in [0.717, 1.165) is 30.0 Å². The standard InChI is InChI=1S/C18H22FN3O2/c1-12-7-14(20)9-16(21-12)18-11-22(5-6-24-18)10-13-3-4-15(19)17(8-13)23-2/h3-4,7-9,18H,5-6,10-11H2,1-2H3,(H2,20,21). The third-order valence-electron chi connectivity index (χ3n) is 4.10. The minimum absolute atomic E-state index is 0.108. The number of nitrogens with two attached hydrogens (primary N) is 1. The van der Waals surface area contributed by atoms with Crippen LogP contribution < -0.4 is 10.5 Å². The van der Waals surface area contributed by atoms with E-state index < -0.39 is 0 Å². The summed E-state index contributed by atoms with van der Waals surface area (Å²) in [5, 5.41) is 0. The number of nitrogens with zero attached hydrogens (tertiary/aromatic N) is 2. The van der Waals surface area contributed by atoms with Crippen LogP contribution in [0.15, 0.2) is 30.3 Å². The molecule has 128 valence electrons. The third kappa shape index (κ3) is 3.83. The van der Waals surface area contributed by atoms with E-state index in [1.165, 1.54) is 13.2 Å². The third-order valence-corrected chi connectivity index (χ3v) is 4.10. The molecule has 3 rings (SSSR count). The first-order valence-electron chi connectivity index (χ1n) is 7.95. The van der Waals surface area contributed by atoms with Gasteiger partial charge < -0.3 is 15.2 Å². The molecule has 0 spiro atoms. The fourth-order valence-electron chi connectivity index (χ4n) is 2.97. The summed E-state index contributed by atoms with van der Waals surface area (Å²) in [6.07, 6.45) is -0.108. The summed E-state index contributed by atoms with van der Waals surface area (Å²) in [4.78, 5) is 6.80. The largest absolute Gasteiger partial charge is 0.494 e. The van der Waals surface area contributed by atoms with Crippen LogP contribution in [0, 0.1) is 12.7 Å². The number of halogens is 1. The van der Waals surface area contributed by atoms with Gasteiger partial charge in [0.2, 0.25) is 0 Å². The molecule has 0 amide bonds. The second kappa shape index (κ2) is 7.15. The van der Waals surface area contributed by atoms with Crippen LogP contribution in [0.4, 0.5) is 10.1 Å². The Kier molecular flexibility index (Phi) is 4.97. The first-order valence-corrected chi connectivity index (χ1v) is 7.95. The molecule has 1 aromatic heterocycles. The average Bonchev–Trinajstić information content (AvgIpc) is 2.56. The molecular formula is C18H22FN3O2. The van der Waals surface area contributed by atoms with Crippen molar-refractivity contribution in [2.75, 3.05) is 32.5 Å². The number of hydrogen-bond donors (Lipinski definition) is 1. The second-order valence-electron chi connectivity index (χ2n) is 6.03. The fraction of sp³-hybridized carbons (Fsp3) is 0.389. The summed E-state index contributed by atoms with van der Waals surface area (Å²) in [7, 11) is 1.47. The van der Waals surface area contributed by atoms with Crippen LogP contribution >= 0.6 is 0 Å². The van der Waals surface area contributed by atoms with Gasteiger partial charge >= 0.3 is 0 Å². The van der Waals surface area contributed by atoms with Gasteiger partial charge in [-0.3, -0.25) is 9.88 Å². The zero-order valence-electron chi connectivity index (χ0n) is 14.0. The van der Waals surface area contributed by atoms with Crippen molar-refractivity contribution in [2.45, 2.75) is 19.6 Å². The Balaban J connectivity index is 1.71. The molecular weight excluding hydrogens is 309 g/mol. The number of aromatic nitrogens is 1. The zero-order chi connectivity index (χ0) is 17.1. The lowest BCUT2D eigenvalue weighted by atomic mass is 10.1. The van der Waals surface area contributed by atoms with Gasteiger partial charge in [-0.15, -0.1) is 0 Å². The number of benzene rings is 1. The molecule has 1 atom stereocenters. The maximum Gasteiger partial charge on any atom is 0.165 e. The number of ether oxygens (including phenoxy) is 2. The molecule has 1 aliphatic heterocycles. The van der Waals surface area contributed by atoms with Crippen molar-refractivity contribution in [1.29, 1.82) is 0 Å². The van der Waals surface area contributed by atoms with Crippen molar-refractivity contribution in [3.8, 4) is 5.75 Å². The molecule has 0 bridgehead atoms. The lowest BCUT2D eigenvalue weighted by Crippen LogP contribution is -2.38. The molecule has 0 aliphatic carbocycles. The first kappa shape index (κ1) is 16.7. The predicted molar refractivity (Wildman–Crippen MR) is 90.3 cm³/mol. The molecule has 2 heterocycles. The highest BCUT2D eigenvalue weighted by Crippen LogP contribution is 2.25. The van der Waals surface area contributed by atoms with Crippen LogP contribution in [0.1, 0.15) is 23.1 Å². The van der Waals surface area contributed by atoms with Gasteiger partial charge in [-0.25, -0.2) is 4.39 Å². The van der Waals surface area contributed by atoms with Gasteiger partial charge in [0.1, 0.15) is 6.10 Å². The van der Waals surface area contributed by atoms with Gasteiger partial charge in [-0.05, 0) is 36.8 Å². The van der Waals surface area contributed by atoms with E-state index >= 15 is 0 Å². The molecule has 24 heavy (non-hydrogen) atoms. The Labute approximate surface area is 141 Å². The molecule has 1 aliphatic rings. The maximum atomic E-state index is 13.5. The smallest absolute Gasteiger partial charge is 0.165 e. The van der Waals surface area contributed by atoms with E-state index in [0.29, 0.717) is 18.8 Å².